The van der Waals surface area contributed by atoms with Crippen LogP contribution in [0.5, 0.6) is 0 Å². The summed E-state index contributed by atoms with van der Waals surface area (Å²) in [4.78, 5) is 14.1. The molecule has 0 aromatic heterocycles. The lowest BCUT2D eigenvalue weighted by Gasteiger charge is -2.36. The van der Waals surface area contributed by atoms with Crippen LogP contribution in [0.4, 0.5) is 0 Å². The van der Waals surface area contributed by atoms with Crippen molar-refractivity contribution in [1.82, 2.24) is 10.2 Å². The molecule has 0 aromatic carbocycles. The van der Waals surface area contributed by atoms with Gasteiger partial charge in [-0.15, -0.1) is 0 Å². The molecule has 1 rings (SSSR count). The van der Waals surface area contributed by atoms with Gasteiger partial charge < -0.3 is 19.7 Å². The van der Waals surface area contributed by atoms with Crippen molar-refractivity contribution in [1.29, 1.82) is 0 Å². The number of carbonyl (C=O) groups is 1. The SMILES string of the molecule is CCCNC(CCN1CCC(C)C(OC)C1)C(=O)OC. The maximum atomic E-state index is 11.7. The highest BCUT2D eigenvalue weighted by atomic mass is 16.5. The standard InChI is InChI=1S/C15H30N2O3/c1-5-8-16-13(15(18)20-4)7-10-17-9-6-12(2)14(11-17)19-3/h12-14,16H,5-11H2,1-4H3. The summed E-state index contributed by atoms with van der Waals surface area (Å²) in [5, 5.41) is 3.26. The van der Waals surface area contributed by atoms with E-state index in [0.717, 1.165) is 45.4 Å². The van der Waals surface area contributed by atoms with Gasteiger partial charge in [-0.2, -0.15) is 0 Å². The number of piperidine rings is 1. The van der Waals surface area contributed by atoms with Crippen molar-refractivity contribution in [2.75, 3.05) is 40.4 Å². The van der Waals surface area contributed by atoms with Crippen LogP contribution in [-0.2, 0) is 14.3 Å². The van der Waals surface area contributed by atoms with E-state index >= 15 is 0 Å². The predicted octanol–water partition coefficient (Wildman–Crippen LogP) is 1.27. The monoisotopic (exact) mass is 286 g/mol. The summed E-state index contributed by atoms with van der Waals surface area (Å²) >= 11 is 0. The highest BCUT2D eigenvalue weighted by Gasteiger charge is 2.27. The van der Waals surface area contributed by atoms with E-state index in [4.69, 9.17) is 9.47 Å². The first kappa shape index (κ1) is 17.4. The molecule has 0 spiro atoms. The number of hydrogen-bond acceptors (Lipinski definition) is 5. The average molecular weight is 286 g/mol. The Labute approximate surface area is 123 Å². The number of carbonyl (C=O) groups excluding carboxylic acids is 1. The minimum atomic E-state index is -0.194. The van der Waals surface area contributed by atoms with Crippen molar-refractivity contribution in [3.05, 3.63) is 0 Å². The zero-order chi connectivity index (χ0) is 15.0. The van der Waals surface area contributed by atoms with Crippen LogP contribution in [0.25, 0.3) is 0 Å². The smallest absolute Gasteiger partial charge is 0.322 e. The number of hydrogen-bond donors (Lipinski definition) is 1. The molecular weight excluding hydrogens is 256 g/mol. The largest absolute Gasteiger partial charge is 0.468 e. The van der Waals surface area contributed by atoms with Gasteiger partial charge in [0.1, 0.15) is 6.04 Å². The number of rotatable bonds is 8. The Kier molecular flexibility index (Phi) is 8.11. The van der Waals surface area contributed by atoms with Crippen LogP contribution in [0.1, 0.15) is 33.1 Å². The number of nitrogens with zero attached hydrogens (tertiary/aromatic N) is 1. The lowest BCUT2D eigenvalue weighted by Crippen LogP contribution is -2.46. The molecule has 1 heterocycles. The molecule has 0 aromatic rings. The van der Waals surface area contributed by atoms with Crippen molar-refractivity contribution in [2.24, 2.45) is 5.92 Å². The van der Waals surface area contributed by atoms with Gasteiger partial charge in [0.05, 0.1) is 13.2 Å². The van der Waals surface area contributed by atoms with Gasteiger partial charge in [0.25, 0.3) is 0 Å². The van der Waals surface area contributed by atoms with Gasteiger partial charge >= 0.3 is 5.97 Å². The first-order valence-electron chi connectivity index (χ1n) is 7.68. The summed E-state index contributed by atoms with van der Waals surface area (Å²) in [6, 6.07) is -0.194. The molecule has 3 atom stereocenters. The van der Waals surface area contributed by atoms with Crippen molar-refractivity contribution < 1.29 is 14.3 Å². The summed E-state index contributed by atoms with van der Waals surface area (Å²) in [6.45, 7) is 8.13. The van der Waals surface area contributed by atoms with Crippen molar-refractivity contribution in [2.45, 2.75) is 45.3 Å². The molecule has 1 fully saturated rings. The molecule has 20 heavy (non-hydrogen) atoms. The summed E-state index contributed by atoms with van der Waals surface area (Å²) in [7, 11) is 3.23. The van der Waals surface area contributed by atoms with Gasteiger partial charge in [0.2, 0.25) is 0 Å². The summed E-state index contributed by atoms with van der Waals surface area (Å²) in [6.07, 6.45) is 3.27. The number of nitrogens with one attached hydrogen (secondary N) is 1. The third-order valence-electron chi connectivity index (χ3n) is 4.14. The number of esters is 1. The molecule has 0 amide bonds. The van der Waals surface area contributed by atoms with Crippen LogP contribution in [0.15, 0.2) is 0 Å². The van der Waals surface area contributed by atoms with Crippen molar-refractivity contribution in [3.63, 3.8) is 0 Å². The fourth-order valence-corrected chi connectivity index (χ4v) is 2.68. The van der Waals surface area contributed by atoms with Crippen molar-refractivity contribution in [3.8, 4) is 0 Å². The van der Waals surface area contributed by atoms with Crippen LogP contribution >= 0.6 is 0 Å². The van der Waals surface area contributed by atoms with Gasteiger partial charge in [-0.25, -0.2) is 0 Å². The molecule has 1 N–H and O–H groups in total. The lowest BCUT2D eigenvalue weighted by atomic mass is 9.95. The average Bonchev–Trinajstić information content (AvgIpc) is 2.48. The Hall–Kier alpha value is -0.650. The molecule has 1 aliphatic heterocycles. The molecular formula is C15H30N2O3. The summed E-state index contributed by atoms with van der Waals surface area (Å²) in [5.74, 6) is 0.456. The fourth-order valence-electron chi connectivity index (χ4n) is 2.68. The second-order valence-electron chi connectivity index (χ2n) is 5.66. The maximum absolute atomic E-state index is 11.7. The first-order valence-corrected chi connectivity index (χ1v) is 7.68. The molecule has 0 saturated carbocycles. The second kappa shape index (κ2) is 9.32. The Morgan fingerprint density at radius 2 is 2.20 bits per heavy atom. The molecule has 1 saturated heterocycles. The Bertz CT molecular complexity index is 286. The van der Waals surface area contributed by atoms with Crippen molar-refractivity contribution >= 4 is 5.97 Å². The zero-order valence-electron chi connectivity index (χ0n) is 13.4. The van der Waals surface area contributed by atoms with Gasteiger partial charge in [0.15, 0.2) is 0 Å². The molecule has 0 bridgehead atoms. The quantitative estimate of drug-likeness (QED) is 0.681. The molecule has 0 aliphatic carbocycles. The minimum Gasteiger partial charge on any atom is -0.468 e. The van der Waals surface area contributed by atoms with E-state index in [9.17, 15) is 4.79 Å². The number of ether oxygens (including phenoxy) is 2. The molecule has 1 aliphatic rings. The third kappa shape index (κ3) is 5.38. The van der Waals surface area contributed by atoms with E-state index in [0.29, 0.717) is 12.0 Å². The molecule has 0 radical (unpaired) electrons. The fraction of sp³-hybridized carbons (Fsp3) is 0.933. The Balaban J connectivity index is 2.40. The predicted molar refractivity (Wildman–Crippen MR) is 79.7 cm³/mol. The first-order chi connectivity index (χ1) is 9.62. The highest BCUT2D eigenvalue weighted by Crippen LogP contribution is 2.19. The molecule has 5 heteroatoms. The van der Waals surface area contributed by atoms with Gasteiger partial charge in [-0.3, -0.25) is 4.79 Å². The Morgan fingerprint density at radius 1 is 1.45 bits per heavy atom. The second-order valence-corrected chi connectivity index (χ2v) is 5.66. The zero-order valence-corrected chi connectivity index (χ0v) is 13.4. The normalized spacial score (nSPS) is 25.4. The van der Waals surface area contributed by atoms with E-state index in [2.05, 4.69) is 24.1 Å². The van der Waals surface area contributed by atoms with Gasteiger partial charge in [-0.05, 0) is 38.3 Å². The summed E-state index contributed by atoms with van der Waals surface area (Å²) < 4.78 is 10.4. The van der Waals surface area contributed by atoms with Gasteiger partial charge in [-0.1, -0.05) is 13.8 Å². The minimum absolute atomic E-state index is 0.160. The van der Waals surface area contributed by atoms with E-state index in [1.54, 1.807) is 7.11 Å². The third-order valence-corrected chi connectivity index (χ3v) is 4.14. The number of likely N-dealkylation sites (tertiary alicyclic amines) is 1. The van der Waals surface area contributed by atoms with Crippen LogP contribution in [-0.4, -0.2) is 63.4 Å². The molecule has 118 valence electrons. The van der Waals surface area contributed by atoms with E-state index in [1.165, 1.54) is 7.11 Å². The van der Waals surface area contributed by atoms with E-state index < -0.39 is 0 Å². The Morgan fingerprint density at radius 3 is 2.80 bits per heavy atom. The van der Waals surface area contributed by atoms with E-state index in [1.807, 2.05) is 0 Å². The van der Waals surface area contributed by atoms with Crippen LogP contribution < -0.4 is 5.32 Å². The highest BCUT2D eigenvalue weighted by molar-refractivity contribution is 5.75. The van der Waals surface area contributed by atoms with Gasteiger partial charge in [0, 0.05) is 20.2 Å². The van der Waals surface area contributed by atoms with Crippen LogP contribution in [0.2, 0.25) is 0 Å². The van der Waals surface area contributed by atoms with Crippen LogP contribution in [0.3, 0.4) is 0 Å². The molecule has 5 nitrogen and oxygen atoms in total. The topological polar surface area (TPSA) is 50.8 Å². The number of methoxy groups -OCH3 is 2. The van der Waals surface area contributed by atoms with Crippen LogP contribution in [0, 0.1) is 5.92 Å². The van der Waals surface area contributed by atoms with E-state index in [-0.39, 0.29) is 12.0 Å². The lowest BCUT2D eigenvalue weighted by molar-refractivity contribution is -0.143. The maximum Gasteiger partial charge on any atom is 0.322 e. The molecule has 3 unspecified atom stereocenters. The summed E-state index contributed by atoms with van der Waals surface area (Å²) in [5.41, 5.74) is 0.